The average Bonchev–Trinajstić information content (AvgIpc) is 2.85. The van der Waals surface area contributed by atoms with Gasteiger partial charge < -0.3 is 15.1 Å². The minimum absolute atomic E-state index is 0.887. The fraction of sp³-hybridized carbons (Fsp3) is 1.00. The van der Waals surface area contributed by atoms with Gasteiger partial charge in [0.05, 0.1) is 0 Å². The monoisotopic (exact) mass is 254 g/mol. The van der Waals surface area contributed by atoms with Crippen LogP contribution in [-0.2, 0) is 0 Å². The van der Waals surface area contributed by atoms with E-state index in [9.17, 15) is 0 Å². The predicted molar refractivity (Wildman–Crippen MR) is 77.0 cm³/mol. The van der Waals surface area contributed by atoms with Gasteiger partial charge >= 0.3 is 0 Å². The van der Waals surface area contributed by atoms with Crippen molar-refractivity contribution in [3.05, 3.63) is 0 Å². The molecule has 18 heavy (non-hydrogen) atoms. The zero-order chi connectivity index (χ0) is 12.8. The summed E-state index contributed by atoms with van der Waals surface area (Å²) in [6.45, 7) is 14.6. The van der Waals surface area contributed by atoms with Crippen LogP contribution in [0.5, 0.6) is 0 Å². The van der Waals surface area contributed by atoms with E-state index in [2.05, 4.69) is 34.0 Å². The standard InChI is InChI=1S/C14H30N4/c1-3-17-6-4-14(13-17)12-15-5-7-18-10-8-16(2)9-11-18/h14-15H,3-13H2,1-2H3. The van der Waals surface area contributed by atoms with Crippen LogP contribution in [0.15, 0.2) is 0 Å². The van der Waals surface area contributed by atoms with Gasteiger partial charge in [-0.25, -0.2) is 0 Å². The molecule has 2 fully saturated rings. The molecule has 0 aromatic carbocycles. The average molecular weight is 254 g/mol. The molecule has 2 heterocycles. The Labute approximate surface area is 112 Å². The maximum atomic E-state index is 3.65. The Balaban J connectivity index is 1.49. The first-order valence-electron chi connectivity index (χ1n) is 7.62. The molecule has 1 unspecified atom stereocenters. The van der Waals surface area contributed by atoms with Gasteiger partial charge in [-0.3, -0.25) is 4.90 Å². The molecule has 0 aromatic heterocycles. The van der Waals surface area contributed by atoms with Crippen molar-refractivity contribution in [2.45, 2.75) is 13.3 Å². The van der Waals surface area contributed by atoms with Crippen molar-refractivity contribution in [3.8, 4) is 0 Å². The summed E-state index contributed by atoms with van der Waals surface area (Å²) in [6.07, 6.45) is 1.38. The first kappa shape index (κ1) is 14.3. The topological polar surface area (TPSA) is 21.8 Å². The van der Waals surface area contributed by atoms with Crippen LogP contribution in [0.1, 0.15) is 13.3 Å². The first-order valence-corrected chi connectivity index (χ1v) is 7.62. The molecular formula is C14H30N4. The Morgan fingerprint density at radius 2 is 1.83 bits per heavy atom. The second kappa shape index (κ2) is 7.43. The summed E-state index contributed by atoms with van der Waals surface area (Å²) in [4.78, 5) is 7.56. The highest BCUT2D eigenvalue weighted by Gasteiger charge is 2.20. The van der Waals surface area contributed by atoms with Gasteiger partial charge in [-0.15, -0.1) is 0 Å². The van der Waals surface area contributed by atoms with Crippen molar-refractivity contribution in [1.82, 2.24) is 20.0 Å². The molecule has 0 saturated carbocycles. The third-order valence-electron chi connectivity index (χ3n) is 4.45. The van der Waals surface area contributed by atoms with E-state index in [1.54, 1.807) is 0 Å². The number of hydrogen-bond acceptors (Lipinski definition) is 4. The molecule has 2 aliphatic rings. The largest absolute Gasteiger partial charge is 0.315 e. The number of nitrogens with one attached hydrogen (secondary N) is 1. The van der Waals surface area contributed by atoms with Crippen molar-refractivity contribution in [2.75, 3.05) is 72.5 Å². The van der Waals surface area contributed by atoms with Gasteiger partial charge in [-0.1, -0.05) is 6.92 Å². The third-order valence-corrected chi connectivity index (χ3v) is 4.45. The predicted octanol–water partition coefficient (Wildman–Crippen LogP) is 0.165. The molecule has 0 amide bonds. The smallest absolute Gasteiger partial charge is 0.0110 e. The number of piperazine rings is 1. The van der Waals surface area contributed by atoms with E-state index < -0.39 is 0 Å². The summed E-state index contributed by atoms with van der Waals surface area (Å²) in [5.41, 5.74) is 0. The highest BCUT2D eigenvalue weighted by molar-refractivity contribution is 4.77. The van der Waals surface area contributed by atoms with E-state index in [1.165, 1.54) is 65.3 Å². The number of likely N-dealkylation sites (tertiary alicyclic amines) is 1. The van der Waals surface area contributed by atoms with Crippen LogP contribution in [0, 0.1) is 5.92 Å². The lowest BCUT2D eigenvalue weighted by atomic mass is 10.1. The van der Waals surface area contributed by atoms with E-state index in [0.717, 1.165) is 12.5 Å². The van der Waals surface area contributed by atoms with E-state index in [1.807, 2.05) is 0 Å². The van der Waals surface area contributed by atoms with Gasteiger partial charge in [0.15, 0.2) is 0 Å². The first-order chi connectivity index (χ1) is 8.78. The highest BCUT2D eigenvalue weighted by Crippen LogP contribution is 2.14. The Morgan fingerprint density at radius 3 is 2.50 bits per heavy atom. The van der Waals surface area contributed by atoms with Gasteiger partial charge in [0.1, 0.15) is 0 Å². The Kier molecular flexibility index (Phi) is 5.89. The van der Waals surface area contributed by atoms with Crippen molar-refractivity contribution in [3.63, 3.8) is 0 Å². The minimum atomic E-state index is 0.887. The Hall–Kier alpha value is -0.160. The van der Waals surface area contributed by atoms with Crippen molar-refractivity contribution in [2.24, 2.45) is 5.92 Å². The van der Waals surface area contributed by atoms with Gasteiger partial charge in [0.2, 0.25) is 0 Å². The molecular weight excluding hydrogens is 224 g/mol. The highest BCUT2D eigenvalue weighted by atomic mass is 15.2. The van der Waals surface area contributed by atoms with Gasteiger partial charge in [0.25, 0.3) is 0 Å². The normalized spacial score (nSPS) is 28.0. The van der Waals surface area contributed by atoms with E-state index in [-0.39, 0.29) is 0 Å². The molecule has 4 heteroatoms. The van der Waals surface area contributed by atoms with Crippen LogP contribution in [0.3, 0.4) is 0 Å². The minimum Gasteiger partial charge on any atom is -0.315 e. The molecule has 0 radical (unpaired) electrons. The van der Waals surface area contributed by atoms with Crippen LogP contribution in [-0.4, -0.2) is 87.2 Å². The fourth-order valence-electron chi connectivity index (χ4n) is 2.98. The van der Waals surface area contributed by atoms with Crippen LogP contribution < -0.4 is 5.32 Å². The van der Waals surface area contributed by atoms with Crippen LogP contribution in [0.2, 0.25) is 0 Å². The molecule has 2 aliphatic heterocycles. The lowest BCUT2D eigenvalue weighted by molar-refractivity contribution is 0.154. The lowest BCUT2D eigenvalue weighted by Crippen LogP contribution is -2.46. The van der Waals surface area contributed by atoms with Crippen LogP contribution >= 0.6 is 0 Å². The molecule has 106 valence electrons. The molecule has 2 rings (SSSR count). The molecule has 0 bridgehead atoms. The van der Waals surface area contributed by atoms with Crippen molar-refractivity contribution in [1.29, 1.82) is 0 Å². The van der Waals surface area contributed by atoms with Gasteiger partial charge in [-0.05, 0) is 39.0 Å². The summed E-state index contributed by atoms with van der Waals surface area (Å²) in [7, 11) is 2.22. The second-order valence-electron chi connectivity index (χ2n) is 5.90. The zero-order valence-corrected chi connectivity index (χ0v) is 12.2. The molecule has 1 N–H and O–H groups in total. The van der Waals surface area contributed by atoms with Crippen molar-refractivity contribution >= 4 is 0 Å². The van der Waals surface area contributed by atoms with Crippen LogP contribution in [0.4, 0.5) is 0 Å². The molecule has 4 nitrogen and oxygen atoms in total. The maximum absolute atomic E-state index is 3.65. The van der Waals surface area contributed by atoms with E-state index in [0.29, 0.717) is 0 Å². The summed E-state index contributed by atoms with van der Waals surface area (Å²) in [5, 5.41) is 3.65. The van der Waals surface area contributed by atoms with Gasteiger partial charge in [-0.2, -0.15) is 0 Å². The Morgan fingerprint density at radius 1 is 1.06 bits per heavy atom. The summed E-state index contributed by atoms with van der Waals surface area (Å²) < 4.78 is 0. The quantitative estimate of drug-likeness (QED) is 0.682. The summed E-state index contributed by atoms with van der Waals surface area (Å²) in [6, 6.07) is 0. The molecule has 0 aliphatic carbocycles. The molecule has 2 saturated heterocycles. The maximum Gasteiger partial charge on any atom is 0.0110 e. The number of hydrogen-bond donors (Lipinski definition) is 1. The molecule has 1 atom stereocenters. The third kappa shape index (κ3) is 4.50. The van der Waals surface area contributed by atoms with Crippen molar-refractivity contribution < 1.29 is 0 Å². The number of likely N-dealkylation sites (N-methyl/N-ethyl adjacent to an activating group) is 1. The second-order valence-corrected chi connectivity index (χ2v) is 5.90. The lowest BCUT2D eigenvalue weighted by Gasteiger charge is -2.32. The summed E-state index contributed by atoms with van der Waals surface area (Å²) in [5.74, 6) is 0.887. The van der Waals surface area contributed by atoms with E-state index >= 15 is 0 Å². The summed E-state index contributed by atoms with van der Waals surface area (Å²) >= 11 is 0. The SMILES string of the molecule is CCN1CCC(CNCCN2CCN(C)CC2)C1. The van der Waals surface area contributed by atoms with Gasteiger partial charge in [0, 0.05) is 45.8 Å². The molecule has 0 spiro atoms. The molecule has 0 aromatic rings. The zero-order valence-electron chi connectivity index (χ0n) is 12.2. The fourth-order valence-corrected chi connectivity index (χ4v) is 2.98. The number of nitrogens with zero attached hydrogens (tertiary/aromatic N) is 3. The van der Waals surface area contributed by atoms with Crippen LogP contribution in [0.25, 0.3) is 0 Å². The number of rotatable bonds is 6. The Bertz CT molecular complexity index is 222. The van der Waals surface area contributed by atoms with E-state index in [4.69, 9.17) is 0 Å².